The highest BCUT2D eigenvalue weighted by atomic mass is 16.3. The highest BCUT2D eigenvalue weighted by molar-refractivity contribution is 6.09. The van der Waals surface area contributed by atoms with Gasteiger partial charge in [0.1, 0.15) is 11.2 Å². The molecular weight excluding hydrogens is 755 g/mol. The molecule has 288 valence electrons. The van der Waals surface area contributed by atoms with E-state index in [0.29, 0.717) is 17.5 Å². The highest BCUT2D eigenvalue weighted by Crippen LogP contribution is 2.64. The first-order chi connectivity index (χ1) is 30.7. The van der Waals surface area contributed by atoms with E-state index in [1.807, 2.05) is 30.3 Å². The lowest BCUT2D eigenvalue weighted by Gasteiger charge is -2.30. The molecule has 0 saturated heterocycles. The van der Waals surface area contributed by atoms with Crippen LogP contribution in [-0.4, -0.2) is 15.0 Å². The Labute approximate surface area is 358 Å². The largest absolute Gasteiger partial charge is 0.455 e. The van der Waals surface area contributed by atoms with E-state index in [2.05, 4.69) is 182 Å². The Bertz CT molecular complexity index is 3560. The van der Waals surface area contributed by atoms with Crippen LogP contribution >= 0.6 is 0 Å². The van der Waals surface area contributed by atoms with Gasteiger partial charge < -0.3 is 4.42 Å². The third kappa shape index (κ3) is 4.98. The van der Waals surface area contributed by atoms with Crippen molar-refractivity contribution in [3.63, 3.8) is 0 Å². The number of aromatic nitrogens is 3. The van der Waals surface area contributed by atoms with E-state index in [4.69, 9.17) is 19.4 Å². The van der Waals surface area contributed by atoms with Crippen LogP contribution in [0.1, 0.15) is 22.3 Å². The monoisotopic (exact) mass is 789 g/mol. The van der Waals surface area contributed by atoms with E-state index < -0.39 is 5.41 Å². The van der Waals surface area contributed by atoms with Gasteiger partial charge in [0.15, 0.2) is 17.5 Å². The van der Waals surface area contributed by atoms with Crippen molar-refractivity contribution >= 4 is 21.9 Å². The maximum Gasteiger partial charge on any atom is 0.164 e. The van der Waals surface area contributed by atoms with Crippen molar-refractivity contribution < 1.29 is 4.42 Å². The number of hydrogen-bond acceptors (Lipinski definition) is 4. The zero-order chi connectivity index (χ0) is 40.8. The molecule has 2 aliphatic rings. The highest BCUT2D eigenvalue weighted by Gasteiger charge is 2.51. The molecule has 0 aliphatic heterocycles. The molecule has 0 N–H and O–H groups in total. The molecule has 0 radical (unpaired) electrons. The molecular formula is C58H35N3O. The molecule has 13 rings (SSSR count). The van der Waals surface area contributed by atoms with Gasteiger partial charge in [-0.25, -0.2) is 15.0 Å². The van der Waals surface area contributed by atoms with Gasteiger partial charge in [0.25, 0.3) is 0 Å². The molecule has 11 aromatic rings. The molecule has 0 fully saturated rings. The fourth-order valence-electron chi connectivity index (χ4n) is 10.4. The number of fused-ring (bicyclic) bond motifs is 13. The van der Waals surface area contributed by atoms with Crippen LogP contribution in [0.4, 0.5) is 0 Å². The molecule has 9 aromatic carbocycles. The molecule has 0 bridgehead atoms. The number of hydrogen-bond donors (Lipinski definition) is 0. The molecule has 2 aromatic heterocycles. The molecule has 0 saturated carbocycles. The first-order valence-electron chi connectivity index (χ1n) is 21.1. The van der Waals surface area contributed by atoms with Crippen LogP contribution in [0.5, 0.6) is 0 Å². The van der Waals surface area contributed by atoms with Crippen molar-refractivity contribution in [1.29, 1.82) is 0 Å². The molecule has 4 nitrogen and oxygen atoms in total. The van der Waals surface area contributed by atoms with Gasteiger partial charge in [-0.05, 0) is 79.4 Å². The average molecular weight is 790 g/mol. The normalized spacial score (nSPS) is 13.0. The first-order valence-corrected chi connectivity index (χ1v) is 21.1. The van der Waals surface area contributed by atoms with Gasteiger partial charge in [-0.2, -0.15) is 0 Å². The minimum Gasteiger partial charge on any atom is -0.455 e. The first kappa shape index (κ1) is 34.6. The third-order valence-corrected chi connectivity index (χ3v) is 13.0. The Hall–Kier alpha value is -8.21. The minimum atomic E-state index is -0.412. The summed E-state index contributed by atoms with van der Waals surface area (Å²) in [6, 6.07) is 75.6. The molecule has 2 heterocycles. The van der Waals surface area contributed by atoms with Crippen LogP contribution in [-0.2, 0) is 5.41 Å². The summed E-state index contributed by atoms with van der Waals surface area (Å²) < 4.78 is 6.45. The lowest BCUT2D eigenvalue weighted by atomic mass is 9.70. The predicted octanol–water partition coefficient (Wildman–Crippen LogP) is 14.4. The van der Waals surface area contributed by atoms with Crippen LogP contribution in [0.25, 0.3) is 101 Å². The molecule has 4 heteroatoms. The Morgan fingerprint density at radius 2 is 0.742 bits per heavy atom. The lowest BCUT2D eigenvalue weighted by molar-refractivity contribution is 0.670. The zero-order valence-corrected chi connectivity index (χ0v) is 33.5. The maximum absolute atomic E-state index is 6.45. The van der Waals surface area contributed by atoms with Gasteiger partial charge >= 0.3 is 0 Å². The summed E-state index contributed by atoms with van der Waals surface area (Å²) in [4.78, 5) is 15.5. The van der Waals surface area contributed by atoms with Crippen molar-refractivity contribution in [2.24, 2.45) is 0 Å². The fourth-order valence-corrected chi connectivity index (χ4v) is 10.4. The van der Waals surface area contributed by atoms with Crippen molar-refractivity contribution in [1.82, 2.24) is 15.0 Å². The Morgan fingerprint density at radius 3 is 1.44 bits per heavy atom. The number of benzene rings is 9. The van der Waals surface area contributed by atoms with Crippen LogP contribution in [0.3, 0.4) is 0 Å². The second kappa shape index (κ2) is 13.4. The van der Waals surface area contributed by atoms with E-state index in [-0.39, 0.29) is 0 Å². The molecule has 1 spiro atoms. The Morgan fingerprint density at radius 1 is 0.306 bits per heavy atom. The standard InChI is InChI=1S/C58H35N3O/c1-2-16-36(17-3-1)55-59-56(61-57(60-55)40-21-13-19-38(35-40)42-27-14-28-46-45-24-7-11-33-52(45)62-54(42)46)39-20-12-18-37(34-39)41-26-15-32-51-53(41)47-25-6-10-31-50(47)58(51)48-29-8-4-22-43(48)44-23-5-9-30-49(44)58/h1-35H. The van der Waals surface area contributed by atoms with E-state index in [9.17, 15) is 0 Å². The van der Waals surface area contributed by atoms with E-state index in [0.717, 1.165) is 55.3 Å². The quantitative estimate of drug-likeness (QED) is 0.174. The summed E-state index contributed by atoms with van der Waals surface area (Å²) in [5, 5.41) is 2.20. The molecule has 2 aliphatic carbocycles. The second-order valence-corrected chi connectivity index (χ2v) is 16.2. The Kier molecular flexibility index (Phi) is 7.49. The topological polar surface area (TPSA) is 51.8 Å². The summed E-state index contributed by atoms with van der Waals surface area (Å²) in [6.45, 7) is 0. The van der Waals surface area contributed by atoms with Gasteiger partial charge in [0.2, 0.25) is 0 Å². The molecule has 0 atom stereocenters. The van der Waals surface area contributed by atoms with Crippen molar-refractivity contribution in [3.05, 3.63) is 235 Å². The number of furan rings is 1. The second-order valence-electron chi connectivity index (χ2n) is 16.2. The molecule has 0 amide bonds. The fraction of sp³-hybridized carbons (Fsp3) is 0.0172. The van der Waals surface area contributed by atoms with Gasteiger partial charge in [0.05, 0.1) is 5.41 Å². The molecule has 62 heavy (non-hydrogen) atoms. The van der Waals surface area contributed by atoms with E-state index in [1.165, 1.54) is 50.1 Å². The zero-order valence-electron chi connectivity index (χ0n) is 33.5. The van der Waals surface area contributed by atoms with Crippen molar-refractivity contribution in [2.75, 3.05) is 0 Å². The van der Waals surface area contributed by atoms with Crippen LogP contribution in [0, 0.1) is 0 Å². The summed E-state index contributed by atoms with van der Waals surface area (Å²) in [5.41, 5.74) is 18.9. The Balaban J connectivity index is 0.969. The van der Waals surface area contributed by atoms with E-state index in [1.54, 1.807) is 0 Å². The van der Waals surface area contributed by atoms with Crippen LogP contribution in [0.15, 0.2) is 217 Å². The third-order valence-electron chi connectivity index (χ3n) is 13.0. The summed E-state index contributed by atoms with van der Waals surface area (Å²) >= 11 is 0. The number of nitrogens with zero attached hydrogens (tertiary/aromatic N) is 3. The van der Waals surface area contributed by atoms with Gasteiger partial charge in [-0.3, -0.25) is 0 Å². The van der Waals surface area contributed by atoms with Crippen molar-refractivity contribution in [2.45, 2.75) is 5.41 Å². The SMILES string of the molecule is c1ccc(-c2nc(-c3cccc(-c4cccc5c4-c4ccccc4C54c5ccccc5-c5ccccc54)c3)nc(-c3cccc(-c4cccc5c4oc4ccccc45)c3)n2)cc1. The van der Waals surface area contributed by atoms with Crippen LogP contribution < -0.4 is 0 Å². The number of para-hydroxylation sites is 2. The van der Waals surface area contributed by atoms with E-state index >= 15 is 0 Å². The maximum atomic E-state index is 6.45. The van der Waals surface area contributed by atoms with Crippen molar-refractivity contribution in [3.8, 4) is 78.7 Å². The van der Waals surface area contributed by atoms with Gasteiger partial charge in [0, 0.05) is 33.0 Å². The van der Waals surface area contributed by atoms with Gasteiger partial charge in [-0.1, -0.05) is 194 Å². The average Bonchev–Trinajstić information content (AvgIpc) is 3.99. The summed E-state index contributed by atoms with van der Waals surface area (Å²) in [7, 11) is 0. The summed E-state index contributed by atoms with van der Waals surface area (Å²) in [6.07, 6.45) is 0. The molecule has 0 unspecified atom stereocenters. The predicted molar refractivity (Wildman–Crippen MR) is 251 cm³/mol. The smallest absolute Gasteiger partial charge is 0.164 e. The lowest BCUT2D eigenvalue weighted by Crippen LogP contribution is -2.25. The minimum absolute atomic E-state index is 0.412. The van der Waals surface area contributed by atoms with Crippen LogP contribution in [0.2, 0.25) is 0 Å². The number of rotatable bonds is 5. The van der Waals surface area contributed by atoms with Gasteiger partial charge in [-0.15, -0.1) is 0 Å². The summed E-state index contributed by atoms with van der Waals surface area (Å²) in [5.74, 6) is 1.84.